The molecule has 3 atom stereocenters. The second-order valence-corrected chi connectivity index (χ2v) is 7.58. The summed E-state index contributed by atoms with van der Waals surface area (Å²) in [6.45, 7) is 3.85. The lowest BCUT2D eigenvalue weighted by Gasteiger charge is -2.19. The Bertz CT molecular complexity index is 799. The quantitative estimate of drug-likeness (QED) is 0.587. The number of nitrogens with zero attached hydrogens (tertiary/aromatic N) is 4. The molecule has 2 aliphatic rings. The van der Waals surface area contributed by atoms with E-state index in [4.69, 9.17) is 11.6 Å². The molecule has 1 amide bonds. The topological polar surface area (TPSA) is 71.0 Å². The Balaban J connectivity index is 1.14. The van der Waals surface area contributed by atoms with E-state index < -0.39 is 0 Å². The molecule has 7 heteroatoms. The average Bonchev–Trinajstić information content (AvgIpc) is 3.13. The number of pyridine rings is 1. The third-order valence-electron chi connectivity index (χ3n) is 5.42. The van der Waals surface area contributed by atoms with Gasteiger partial charge in [0, 0.05) is 62.6 Å². The number of aromatic nitrogens is 3. The van der Waals surface area contributed by atoms with Crippen LogP contribution in [0.1, 0.15) is 17.5 Å². The minimum absolute atomic E-state index is 0.0472. The van der Waals surface area contributed by atoms with E-state index in [2.05, 4.69) is 25.2 Å². The lowest BCUT2D eigenvalue weighted by molar-refractivity contribution is -0.116. The van der Waals surface area contributed by atoms with E-state index in [1.807, 2.05) is 12.1 Å². The molecule has 1 saturated carbocycles. The molecule has 1 aliphatic carbocycles. The van der Waals surface area contributed by atoms with Crippen molar-refractivity contribution in [2.24, 2.45) is 17.8 Å². The first-order valence-corrected chi connectivity index (χ1v) is 9.61. The second-order valence-electron chi connectivity index (χ2n) is 7.25. The van der Waals surface area contributed by atoms with Crippen LogP contribution in [0.5, 0.6) is 0 Å². The number of carbonyl (C=O) groups excluding carboxylic acids is 1. The van der Waals surface area contributed by atoms with Gasteiger partial charge >= 0.3 is 0 Å². The fourth-order valence-corrected chi connectivity index (χ4v) is 4.14. The summed E-state index contributed by atoms with van der Waals surface area (Å²) in [6.07, 6.45) is 11.5. The van der Waals surface area contributed by atoms with E-state index in [9.17, 15) is 4.79 Å². The van der Waals surface area contributed by atoms with Crippen LogP contribution in [0.4, 0.5) is 0 Å². The Morgan fingerprint density at radius 2 is 2.04 bits per heavy atom. The normalized spacial score (nSPS) is 24.1. The predicted octanol–water partition coefficient (Wildman–Crippen LogP) is 2.42. The van der Waals surface area contributed by atoms with Gasteiger partial charge in [0.2, 0.25) is 11.2 Å². The lowest BCUT2D eigenvalue weighted by Crippen LogP contribution is -2.26. The van der Waals surface area contributed by atoms with Gasteiger partial charge in [-0.3, -0.25) is 14.7 Å². The van der Waals surface area contributed by atoms with Crippen molar-refractivity contribution >= 4 is 23.6 Å². The Labute approximate surface area is 163 Å². The van der Waals surface area contributed by atoms with Gasteiger partial charge in [0.05, 0.1) is 0 Å². The third-order valence-corrected chi connectivity index (χ3v) is 5.61. The molecule has 1 N–H and O–H groups in total. The van der Waals surface area contributed by atoms with Gasteiger partial charge in [-0.25, -0.2) is 9.97 Å². The largest absolute Gasteiger partial charge is 0.353 e. The molecule has 3 heterocycles. The van der Waals surface area contributed by atoms with Gasteiger partial charge in [-0.2, -0.15) is 0 Å². The van der Waals surface area contributed by atoms with Crippen LogP contribution in [0.3, 0.4) is 0 Å². The summed E-state index contributed by atoms with van der Waals surface area (Å²) in [7, 11) is 0. The van der Waals surface area contributed by atoms with E-state index in [1.54, 1.807) is 36.9 Å². The molecule has 1 unspecified atom stereocenters. The standard InChI is InChI=1S/C20H22ClN5O/c21-20-24-9-15(10-25-20)11-26-12-17-16(18(17)13-26)5-7-23-19(27)4-3-14-2-1-6-22-8-14/h1-4,6,8-10,16-18H,5,7,11-13H2,(H,23,27)/b4-3+/t16?,17-,18+. The highest BCUT2D eigenvalue weighted by Crippen LogP contribution is 2.53. The molecule has 0 bridgehead atoms. The molecule has 6 nitrogen and oxygen atoms in total. The Kier molecular flexibility index (Phi) is 5.45. The Hall–Kier alpha value is -2.31. The minimum Gasteiger partial charge on any atom is -0.353 e. The number of likely N-dealkylation sites (tertiary alicyclic amines) is 1. The van der Waals surface area contributed by atoms with Crippen LogP contribution >= 0.6 is 11.6 Å². The molecule has 1 aliphatic heterocycles. The van der Waals surface area contributed by atoms with Crippen LogP contribution in [0.2, 0.25) is 5.28 Å². The molecule has 2 aromatic heterocycles. The summed E-state index contributed by atoms with van der Waals surface area (Å²) in [5.41, 5.74) is 2.03. The van der Waals surface area contributed by atoms with Gasteiger partial charge < -0.3 is 5.32 Å². The molecule has 140 valence electrons. The molecule has 2 aromatic rings. The van der Waals surface area contributed by atoms with Crippen molar-refractivity contribution in [3.63, 3.8) is 0 Å². The molecule has 0 radical (unpaired) electrons. The maximum atomic E-state index is 11.9. The third kappa shape index (κ3) is 4.70. The molecule has 0 spiro atoms. The first-order chi connectivity index (χ1) is 13.2. The first kappa shape index (κ1) is 18.1. The van der Waals surface area contributed by atoms with Gasteiger partial charge in [0.25, 0.3) is 0 Å². The van der Waals surface area contributed by atoms with Crippen LogP contribution in [-0.2, 0) is 11.3 Å². The zero-order chi connectivity index (χ0) is 18.6. The number of rotatable bonds is 7. The van der Waals surface area contributed by atoms with Crippen LogP contribution in [0.25, 0.3) is 6.08 Å². The van der Waals surface area contributed by atoms with E-state index >= 15 is 0 Å². The van der Waals surface area contributed by atoms with E-state index in [1.165, 1.54) is 0 Å². The van der Waals surface area contributed by atoms with Crippen LogP contribution in [0, 0.1) is 17.8 Å². The number of carbonyl (C=O) groups is 1. The first-order valence-electron chi connectivity index (χ1n) is 9.24. The molecule has 2 fully saturated rings. The minimum atomic E-state index is -0.0472. The summed E-state index contributed by atoms with van der Waals surface area (Å²) < 4.78 is 0. The van der Waals surface area contributed by atoms with Gasteiger partial charge in [0.1, 0.15) is 0 Å². The van der Waals surface area contributed by atoms with Gasteiger partial charge in [0.15, 0.2) is 0 Å². The van der Waals surface area contributed by atoms with Crippen molar-refractivity contribution < 1.29 is 4.79 Å². The van der Waals surface area contributed by atoms with Crippen molar-refractivity contribution in [1.29, 1.82) is 0 Å². The van der Waals surface area contributed by atoms with Crippen molar-refractivity contribution in [2.75, 3.05) is 19.6 Å². The number of piperidine rings is 1. The van der Waals surface area contributed by atoms with Crippen LogP contribution in [0.15, 0.2) is 43.0 Å². The monoisotopic (exact) mass is 383 g/mol. The van der Waals surface area contributed by atoms with Gasteiger partial charge in [-0.1, -0.05) is 6.07 Å². The molecular formula is C20H22ClN5O. The molecule has 27 heavy (non-hydrogen) atoms. The molecule has 0 aromatic carbocycles. The number of amides is 1. The lowest BCUT2D eigenvalue weighted by atomic mass is 10.2. The van der Waals surface area contributed by atoms with Gasteiger partial charge in [-0.15, -0.1) is 0 Å². The molecule has 1 saturated heterocycles. The number of nitrogens with one attached hydrogen (secondary N) is 1. The average molecular weight is 384 g/mol. The highest BCUT2D eigenvalue weighted by molar-refractivity contribution is 6.28. The smallest absolute Gasteiger partial charge is 0.244 e. The number of halogens is 1. The SMILES string of the molecule is O=C(/C=C/c1cccnc1)NCCC1[C@H]2CN(Cc3cnc(Cl)nc3)C[C@@H]12. The van der Waals surface area contributed by atoms with Crippen molar-refractivity contribution in [1.82, 2.24) is 25.2 Å². The summed E-state index contributed by atoms with van der Waals surface area (Å²) >= 11 is 5.73. The van der Waals surface area contributed by atoms with Crippen molar-refractivity contribution in [2.45, 2.75) is 13.0 Å². The fraction of sp³-hybridized carbons (Fsp3) is 0.400. The maximum Gasteiger partial charge on any atom is 0.244 e. The zero-order valence-corrected chi connectivity index (χ0v) is 15.7. The Morgan fingerprint density at radius 3 is 2.74 bits per heavy atom. The molecular weight excluding hydrogens is 362 g/mol. The van der Waals surface area contributed by atoms with Gasteiger partial charge in [-0.05, 0) is 53.5 Å². The zero-order valence-electron chi connectivity index (χ0n) is 15.0. The Morgan fingerprint density at radius 1 is 1.26 bits per heavy atom. The number of fused-ring (bicyclic) bond motifs is 1. The van der Waals surface area contributed by atoms with E-state index in [0.29, 0.717) is 5.28 Å². The van der Waals surface area contributed by atoms with E-state index in [-0.39, 0.29) is 5.91 Å². The second kappa shape index (κ2) is 8.15. The summed E-state index contributed by atoms with van der Waals surface area (Å²) in [6, 6.07) is 3.77. The van der Waals surface area contributed by atoms with Crippen molar-refractivity contribution in [3.05, 3.63) is 59.4 Å². The predicted molar refractivity (Wildman–Crippen MR) is 104 cm³/mol. The number of hydrogen-bond donors (Lipinski definition) is 1. The maximum absolute atomic E-state index is 11.9. The van der Waals surface area contributed by atoms with E-state index in [0.717, 1.165) is 61.5 Å². The highest BCUT2D eigenvalue weighted by atomic mass is 35.5. The summed E-state index contributed by atoms with van der Waals surface area (Å²) in [5.74, 6) is 2.22. The van der Waals surface area contributed by atoms with Crippen molar-refractivity contribution in [3.8, 4) is 0 Å². The fourth-order valence-electron chi connectivity index (χ4n) is 4.04. The number of hydrogen-bond acceptors (Lipinski definition) is 5. The van der Waals surface area contributed by atoms with Crippen LogP contribution < -0.4 is 5.32 Å². The highest BCUT2D eigenvalue weighted by Gasteiger charge is 2.54. The summed E-state index contributed by atoms with van der Waals surface area (Å²) in [5, 5.41) is 3.27. The van der Waals surface area contributed by atoms with Crippen LogP contribution in [-0.4, -0.2) is 45.4 Å². The summed E-state index contributed by atoms with van der Waals surface area (Å²) in [4.78, 5) is 26.4. The molecule has 4 rings (SSSR count).